The van der Waals surface area contributed by atoms with Crippen LogP contribution in [0.3, 0.4) is 0 Å². The molecule has 0 aromatic heterocycles. The molecular weight excluding hydrogens is 412 g/mol. The van der Waals surface area contributed by atoms with Crippen molar-refractivity contribution in [1.29, 1.82) is 0 Å². The van der Waals surface area contributed by atoms with Crippen LogP contribution in [-0.4, -0.2) is 65.5 Å². The maximum atomic E-state index is 12.5. The molecule has 0 bridgehead atoms. The summed E-state index contributed by atoms with van der Waals surface area (Å²) in [5.74, 6) is 1.45. The van der Waals surface area contributed by atoms with E-state index < -0.39 is 6.10 Å². The van der Waals surface area contributed by atoms with Crippen LogP contribution in [0.4, 0.5) is 0 Å². The molecule has 168 valence electrons. The normalized spacial score (nSPS) is 32.0. The van der Waals surface area contributed by atoms with Crippen molar-refractivity contribution in [2.75, 3.05) is 32.8 Å². The van der Waals surface area contributed by atoms with Crippen LogP contribution in [0.25, 0.3) is 0 Å². The molecule has 4 atom stereocenters. The van der Waals surface area contributed by atoms with E-state index in [1.807, 2.05) is 13.0 Å². The minimum atomic E-state index is -0.609. The number of benzene rings is 1. The number of β-amino-alcohol motifs (C(OH)–C–C–N with tert-alkyl or cyclic N) is 1. The molecule has 5 aliphatic rings. The summed E-state index contributed by atoms with van der Waals surface area (Å²) in [6.45, 7) is 5.54. The Balaban J connectivity index is 1.05. The third kappa shape index (κ3) is 3.08. The van der Waals surface area contributed by atoms with Crippen molar-refractivity contribution in [2.24, 2.45) is 23.7 Å². The van der Waals surface area contributed by atoms with Crippen molar-refractivity contribution in [3.63, 3.8) is 0 Å². The molecule has 8 nitrogen and oxygen atoms in total. The van der Waals surface area contributed by atoms with E-state index in [1.165, 1.54) is 6.08 Å². The summed E-state index contributed by atoms with van der Waals surface area (Å²) in [5.41, 5.74) is 3.98. The number of hydrogen-bond donors (Lipinski definition) is 1. The van der Waals surface area contributed by atoms with Crippen molar-refractivity contribution in [1.82, 2.24) is 9.80 Å². The highest BCUT2D eigenvalue weighted by atomic mass is 16.5. The van der Waals surface area contributed by atoms with Crippen LogP contribution < -0.4 is 0 Å². The molecule has 1 aromatic carbocycles. The lowest BCUT2D eigenvalue weighted by molar-refractivity contribution is -0.135. The number of cyclic esters (lactones) is 2. The van der Waals surface area contributed by atoms with Gasteiger partial charge in [0.25, 0.3) is 0 Å². The molecule has 4 aliphatic heterocycles. The zero-order valence-corrected chi connectivity index (χ0v) is 18.0. The summed E-state index contributed by atoms with van der Waals surface area (Å²) in [7, 11) is 0. The van der Waals surface area contributed by atoms with Crippen LogP contribution >= 0.6 is 0 Å². The summed E-state index contributed by atoms with van der Waals surface area (Å²) in [4.78, 5) is 39.6. The minimum absolute atomic E-state index is 0.0892. The van der Waals surface area contributed by atoms with Gasteiger partial charge in [-0.2, -0.15) is 0 Å². The predicted octanol–water partition coefficient (Wildman–Crippen LogP) is 1.17. The van der Waals surface area contributed by atoms with E-state index in [4.69, 9.17) is 9.47 Å². The SMILES string of the molecule is Cc1c([C@@H](O)CN2CC3C(C2)C3C2CC(=O)N(C3=CC(=O)OC3)C2)ccc2c1COC2=O. The molecule has 4 heterocycles. The monoisotopic (exact) mass is 438 g/mol. The average molecular weight is 438 g/mol. The largest absolute Gasteiger partial charge is 0.457 e. The first-order valence-corrected chi connectivity index (χ1v) is 11.3. The number of ether oxygens (including phenoxy) is 2. The molecule has 3 fully saturated rings. The van der Waals surface area contributed by atoms with Crippen molar-refractivity contribution < 1.29 is 29.0 Å². The lowest BCUT2D eigenvalue weighted by atomic mass is 9.95. The van der Waals surface area contributed by atoms with Gasteiger partial charge in [0.05, 0.1) is 17.4 Å². The van der Waals surface area contributed by atoms with Crippen molar-refractivity contribution in [2.45, 2.75) is 26.1 Å². The smallest absolute Gasteiger partial charge is 0.338 e. The predicted molar refractivity (Wildman–Crippen MR) is 111 cm³/mol. The zero-order valence-electron chi connectivity index (χ0n) is 18.0. The minimum Gasteiger partial charge on any atom is -0.457 e. The number of carbonyl (C=O) groups excluding carboxylic acids is 3. The summed E-state index contributed by atoms with van der Waals surface area (Å²) in [6, 6.07) is 3.60. The molecular formula is C24H26N2O6. The molecule has 1 N–H and O–H groups in total. The topological polar surface area (TPSA) is 96.4 Å². The van der Waals surface area contributed by atoms with Crippen LogP contribution in [0.5, 0.6) is 0 Å². The maximum absolute atomic E-state index is 12.5. The molecule has 0 radical (unpaired) electrons. The third-order valence-electron chi connectivity index (χ3n) is 8.03. The summed E-state index contributed by atoms with van der Waals surface area (Å²) in [5, 5.41) is 10.9. The number of carbonyl (C=O) groups is 3. The number of aliphatic hydroxyl groups is 1. The van der Waals surface area contributed by atoms with E-state index in [9.17, 15) is 19.5 Å². The molecule has 6 rings (SSSR count). The number of hydrogen-bond acceptors (Lipinski definition) is 7. The maximum Gasteiger partial charge on any atom is 0.338 e. The van der Waals surface area contributed by atoms with Gasteiger partial charge in [-0.15, -0.1) is 0 Å². The fourth-order valence-corrected chi connectivity index (χ4v) is 6.37. The van der Waals surface area contributed by atoms with Gasteiger partial charge < -0.3 is 19.5 Å². The summed E-state index contributed by atoms with van der Waals surface area (Å²) in [6.07, 6.45) is 1.36. The highest BCUT2D eigenvalue weighted by Crippen LogP contribution is 2.57. The first-order chi connectivity index (χ1) is 15.4. The second-order valence-electron chi connectivity index (χ2n) is 9.73. The van der Waals surface area contributed by atoms with Crippen molar-refractivity contribution in [3.05, 3.63) is 46.2 Å². The van der Waals surface area contributed by atoms with Crippen LogP contribution in [0.2, 0.25) is 0 Å². The number of fused-ring (bicyclic) bond motifs is 2. The number of nitrogens with zero attached hydrogens (tertiary/aromatic N) is 2. The van der Waals surface area contributed by atoms with Gasteiger partial charge in [-0.1, -0.05) is 6.07 Å². The highest BCUT2D eigenvalue weighted by Gasteiger charge is 2.60. The Hall–Kier alpha value is -2.71. The lowest BCUT2D eigenvalue weighted by Gasteiger charge is -2.25. The standard InChI is InChI=1S/C24H26N2O6/c1-12-15(2-3-16-19(12)11-32-24(16)30)20(27)9-25-7-17-18(8-25)23(17)13-4-21(28)26(6-13)14-5-22(29)31-10-14/h2-3,5,13,17-18,20,23,27H,4,6-11H2,1H3/t13?,17?,18?,20-,23?/m0/s1. The molecule has 0 spiro atoms. The number of piperidine rings is 1. The number of aliphatic hydroxyl groups excluding tert-OH is 1. The Labute approximate surface area is 185 Å². The van der Waals surface area contributed by atoms with Crippen LogP contribution in [0.1, 0.15) is 39.6 Å². The van der Waals surface area contributed by atoms with Gasteiger partial charge in [0.1, 0.15) is 13.2 Å². The Kier molecular flexibility index (Phi) is 4.45. The molecule has 1 aromatic rings. The first-order valence-electron chi connectivity index (χ1n) is 11.3. The van der Waals surface area contributed by atoms with Gasteiger partial charge in [0.2, 0.25) is 5.91 Å². The van der Waals surface area contributed by atoms with Gasteiger partial charge in [0.15, 0.2) is 0 Å². The van der Waals surface area contributed by atoms with E-state index in [1.54, 1.807) is 11.0 Å². The van der Waals surface area contributed by atoms with Gasteiger partial charge in [-0.25, -0.2) is 9.59 Å². The molecule has 1 amide bonds. The van der Waals surface area contributed by atoms with Crippen molar-refractivity contribution in [3.8, 4) is 0 Å². The van der Waals surface area contributed by atoms with Crippen LogP contribution in [-0.2, 0) is 25.7 Å². The number of rotatable bonds is 5. The van der Waals surface area contributed by atoms with Gasteiger partial charge >= 0.3 is 11.9 Å². The van der Waals surface area contributed by atoms with E-state index >= 15 is 0 Å². The molecule has 1 aliphatic carbocycles. The quantitative estimate of drug-likeness (QED) is 0.690. The second kappa shape index (κ2) is 7.15. The molecule has 8 heteroatoms. The van der Waals surface area contributed by atoms with Crippen molar-refractivity contribution >= 4 is 17.8 Å². The Bertz CT molecular complexity index is 1050. The fourth-order valence-electron chi connectivity index (χ4n) is 6.37. The van der Waals surface area contributed by atoms with E-state index in [0.717, 1.165) is 29.8 Å². The van der Waals surface area contributed by atoms with E-state index in [-0.39, 0.29) is 31.1 Å². The third-order valence-corrected chi connectivity index (χ3v) is 8.03. The summed E-state index contributed by atoms with van der Waals surface area (Å²) < 4.78 is 10.1. The van der Waals surface area contributed by atoms with Crippen LogP contribution in [0.15, 0.2) is 23.9 Å². The van der Waals surface area contributed by atoms with Gasteiger partial charge in [0, 0.05) is 44.2 Å². The Morgan fingerprint density at radius 2 is 1.88 bits per heavy atom. The Morgan fingerprint density at radius 3 is 2.59 bits per heavy atom. The fraction of sp³-hybridized carbons (Fsp3) is 0.542. The number of esters is 2. The molecule has 32 heavy (non-hydrogen) atoms. The van der Waals surface area contributed by atoms with E-state index in [0.29, 0.717) is 54.4 Å². The molecule has 3 unspecified atom stereocenters. The van der Waals surface area contributed by atoms with Gasteiger partial charge in [-0.05, 0) is 47.8 Å². The average Bonchev–Trinajstić information content (AvgIpc) is 3.26. The zero-order chi connectivity index (χ0) is 22.1. The summed E-state index contributed by atoms with van der Waals surface area (Å²) >= 11 is 0. The highest BCUT2D eigenvalue weighted by molar-refractivity contribution is 5.94. The number of amides is 1. The lowest BCUT2D eigenvalue weighted by Crippen LogP contribution is -2.31. The first kappa shape index (κ1) is 19.9. The molecule has 1 saturated carbocycles. The second-order valence-corrected chi connectivity index (χ2v) is 9.73. The molecule has 2 saturated heterocycles. The van der Waals surface area contributed by atoms with Gasteiger partial charge in [-0.3, -0.25) is 9.69 Å². The number of likely N-dealkylation sites (tertiary alicyclic amines) is 2. The van der Waals surface area contributed by atoms with E-state index in [2.05, 4.69) is 4.90 Å². The van der Waals surface area contributed by atoms with Crippen LogP contribution in [0, 0.1) is 30.6 Å². The Morgan fingerprint density at radius 1 is 1.09 bits per heavy atom.